The lowest BCUT2D eigenvalue weighted by molar-refractivity contribution is 0.603. The number of nitrogens with one attached hydrogen (secondary N) is 1. The van der Waals surface area contributed by atoms with Gasteiger partial charge in [-0.2, -0.15) is 0 Å². The molecule has 102 valence electrons. The molecule has 0 radical (unpaired) electrons. The maximum Gasteiger partial charge on any atom is 0.271 e. The van der Waals surface area contributed by atoms with Gasteiger partial charge in [-0.1, -0.05) is 23.2 Å². The summed E-state index contributed by atoms with van der Waals surface area (Å²) in [5, 5.41) is 0.396. The van der Waals surface area contributed by atoms with Gasteiger partial charge in [-0.25, -0.2) is 8.42 Å². The van der Waals surface area contributed by atoms with Crippen molar-refractivity contribution in [2.45, 2.75) is 11.1 Å². The van der Waals surface area contributed by atoms with Gasteiger partial charge in [0.2, 0.25) is 0 Å². The maximum absolute atomic E-state index is 12.2. The average Bonchev–Trinajstić information content (AvgIpc) is 2.65. The van der Waals surface area contributed by atoms with Crippen LogP contribution in [0.3, 0.4) is 0 Å². The lowest BCUT2D eigenvalue weighted by atomic mass is 10.3. The number of hydrogen-bond acceptors (Lipinski definition) is 4. The Hall–Kier alpha value is -0.950. The number of sulfonamides is 1. The van der Waals surface area contributed by atoms with Gasteiger partial charge in [0.15, 0.2) is 0 Å². The van der Waals surface area contributed by atoms with E-state index in [0.29, 0.717) is 20.6 Å². The van der Waals surface area contributed by atoms with Gasteiger partial charge < -0.3 is 5.73 Å². The van der Waals surface area contributed by atoms with E-state index in [1.54, 1.807) is 13.0 Å². The van der Waals surface area contributed by atoms with Crippen LogP contribution in [0.15, 0.2) is 28.5 Å². The van der Waals surface area contributed by atoms with E-state index in [1.807, 2.05) is 0 Å². The zero-order valence-electron chi connectivity index (χ0n) is 9.78. The van der Waals surface area contributed by atoms with Crippen LogP contribution in [0.25, 0.3) is 0 Å². The Bertz CT molecular complexity index is 707. The summed E-state index contributed by atoms with van der Waals surface area (Å²) in [7, 11) is -3.71. The second-order valence-electron chi connectivity index (χ2n) is 3.86. The van der Waals surface area contributed by atoms with Crippen LogP contribution >= 0.6 is 34.5 Å². The fourth-order valence-electron chi connectivity index (χ4n) is 1.38. The van der Waals surface area contributed by atoms with Crippen LogP contribution in [0.4, 0.5) is 11.4 Å². The van der Waals surface area contributed by atoms with E-state index in [1.165, 1.54) is 18.2 Å². The first-order valence-electron chi connectivity index (χ1n) is 5.13. The Labute approximate surface area is 125 Å². The highest BCUT2D eigenvalue weighted by molar-refractivity contribution is 7.94. The molecular formula is C11H10Cl2N2O2S2. The molecule has 0 atom stereocenters. The van der Waals surface area contributed by atoms with Gasteiger partial charge >= 0.3 is 0 Å². The number of benzene rings is 1. The molecule has 2 aromatic rings. The predicted octanol–water partition coefficient (Wildman–Crippen LogP) is 3.75. The van der Waals surface area contributed by atoms with Gasteiger partial charge in [-0.3, -0.25) is 4.72 Å². The summed E-state index contributed by atoms with van der Waals surface area (Å²) in [5.41, 5.74) is 6.96. The van der Waals surface area contributed by atoms with Crippen molar-refractivity contribution >= 4 is 55.9 Å². The Morgan fingerprint density at radius 1 is 1.26 bits per heavy atom. The average molecular weight is 337 g/mol. The molecule has 0 aliphatic carbocycles. The molecule has 0 unspecified atom stereocenters. The van der Waals surface area contributed by atoms with E-state index in [-0.39, 0.29) is 9.90 Å². The molecule has 0 saturated heterocycles. The molecule has 4 nitrogen and oxygen atoms in total. The molecule has 1 heterocycles. The molecule has 0 bridgehead atoms. The standard InChI is InChI=1S/C11H10Cl2N2O2S2/c1-6-4-10(18-11(6)13)19(16,17)15-9-5-7(12)2-3-8(9)14/h2-5,15H,14H2,1H3. The predicted molar refractivity (Wildman–Crippen MR) is 80.7 cm³/mol. The normalized spacial score (nSPS) is 11.5. The fraction of sp³-hybridized carbons (Fsp3) is 0.0909. The molecule has 0 amide bonds. The minimum Gasteiger partial charge on any atom is -0.397 e. The number of anilines is 2. The van der Waals surface area contributed by atoms with Crippen LogP contribution in [-0.2, 0) is 10.0 Å². The SMILES string of the molecule is Cc1cc(S(=O)(=O)Nc2cc(Cl)ccc2N)sc1Cl. The van der Waals surface area contributed by atoms with Crippen molar-refractivity contribution in [1.82, 2.24) is 0 Å². The number of rotatable bonds is 3. The molecule has 3 N–H and O–H groups in total. The molecule has 19 heavy (non-hydrogen) atoms. The Kier molecular flexibility index (Phi) is 3.96. The second kappa shape index (κ2) is 5.20. The van der Waals surface area contributed by atoms with Crippen LogP contribution in [0.1, 0.15) is 5.56 Å². The first-order chi connectivity index (χ1) is 8.79. The topological polar surface area (TPSA) is 72.2 Å². The molecule has 0 saturated carbocycles. The lowest BCUT2D eigenvalue weighted by Crippen LogP contribution is -2.12. The second-order valence-corrected chi connectivity index (χ2v) is 7.86. The van der Waals surface area contributed by atoms with E-state index >= 15 is 0 Å². The summed E-state index contributed by atoms with van der Waals surface area (Å²) >= 11 is 12.7. The molecule has 0 aliphatic rings. The van der Waals surface area contributed by atoms with Crippen LogP contribution in [0.2, 0.25) is 9.36 Å². The number of thiophene rings is 1. The zero-order chi connectivity index (χ0) is 14.2. The smallest absolute Gasteiger partial charge is 0.271 e. The summed E-state index contributed by atoms with van der Waals surface area (Å²) in [4.78, 5) is 0. The number of halogens is 2. The highest BCUT2D eigenvalue weighted by Gasteiger charge is 2.19. The van der Waals surface area contributed by atoms with Gasteiger partial charge in [0.25, 0.3) is 10.0 Å². The number of nitrogens with two attached hydrogens (primary N) is 1. The van der Waals surface area contributed by atoms with Crippen molar-refractivity contribution in [2.24, 2.45) is 0 Å². The number of nitrogen functional groups attached to an aromatic ring is 1. The monoisotopic (exact) mass is 336 g/mol. The minimum atomic E-state index is -3.71. The van der Waals surface area contributed by atoms with Crippen LogP contribution in [0.5, 0.6) is 0 Å². The third kappa shape index (κ3) is 3.14. The fourth-order valence-corrected chi connectivity index (χ4v) is 4.33. The molecule has 8 heteroatoms. The van der Waals surface area contributed by atoms with Crippen molar-refractivity contribution in [2.75, 3.05) is 10.5 Å². The Morgan fingerprint density at radius 2 is 1.95 bits per heavy atom. The van der Waals surface area contributed by atoms with Crippen molar-refractivity contribution in [3.8, 4) is 0 Å². The van der Waals surface area contributed by atoms with Crippen molar-refractivity contribution in [3.05, 3.63) is 39.2 Å². The Balaban J connectivity index is 2.39. The van der Waals surface area contributed by atoms with E-state index in [9.17, 15) is 8.42 Å². The lowest BCUT2D eigenvalue weighted by Gasteiger charge is -2.09. The van der Waals surface area contributed by atoms with Gasteiger partial charge in [-0.15, -0.1) is 11.3 Å². The molecule has 1 aromatic heterocycles. The summed E-state index contributed by atoms with van der Waals surface area (Å²) in [6.45, 7) is 1.74. The molecule has 0 aliphatic heterocycles. The molecule has 0 fully saturated rings. The van der Waals surface area contributed by atoms with Gasteiger partial charge in [0.05, 0.1) is 15.7 Å². The third-order valence-corrected chi connectivity index (χ3v) is 5.99. The van der Waals surface area contributed by atoms with E-state index in [4.69, 9.17) is 28.9 Å². The molecule has 1 aromatic carbocycles. The van der Waals surface area contributed by atoms with Gasteiger partial charge in [0.1, 0.15) is 4.21 Å². The van der Waals surface area contributed by atoms with Gasteiger partial charge in [-0.05, 0) is 36.8 Å². The van der Waals surface area contributed by atoms with Crippen LogP contribution < -0.4 is 10.5 Å². The largest absolute Gasteiger partial charge is 0.397 e. The number of hydrogen-bond donors (Lipinski definition) is 2. The highest BCUT2D eigenvalue weighted by Crippen LogP contribution is 2.32. The first kappa shape index (κ1) is 14.5. The van der Waals surface area contributed by atoms with Crippen LogP contribution in [0, 0.1) is 6.92 Å². The summed E-state index contributed by atoms with van der Waals surface area (Å²) in [6, 6.07) is 6.08. The Morgan fingerprint density at radius 3 is 2.53 bits per heavy atom. The number of aryl methyl sites for hydroxylation is 1. The minimum absolute atomic E-state index is 0.134. The first-order valence-corrected chi connectivity index (χ1v) is 8.19. The summed E-state index contributed by atoms with van der Waals surface area (Å²) in [6.07, 6.45) is 0. The van der Waals surface area contributed by atoms with Crippen molar-refractivity contribution in [1.29, 1.82) is 0 Å². The van der Waals surface area contributed by atoms with Crippen molar-refractivity contribution < 1.29 is 8.42 Å². The molecule has 2 rings (SSSR count). The molecular weight excluding hydrogens is 327 g/mol. The third-order valence-electron chi connectivity index (χ3n) is 2.36. The van der Waals surface area contributed by atoms with Gasteiger partial charge in [0, 0.05) is 5.02 Å². The zero-order valence-corrected chi connectivity index (χ0v) is 12.9. The van der Waals surface area contributed by atoms with E-state index in [0.717, 1.165) is 11.3 Å². The summed E-state index contributed by atoms with van der Waals surface area (Å²) < 4.78 is 27.3. The molecule has 0 spiro atoms. The van der Waals surface area contributed by atoms with E-state index in [2.05, 4.69) is 4.72 Å². The van der Waals surface area contributed by atoms with Crippen molar-refractivity contribution in [3.63, 3.8) is 0 Å². The highest BCUT2D eigenvalue weighted by atomic mass is 35.5. The van der Waals surface area contributed by atoms with E-state index < -0.39 is 10.0 Å². The quantitative estimate of drug-likeness (QED) is 0.838. The van der Waals surface area contributed by atoms with Crippen LogP contribution in [-0.4, -0.2) is 8.42 Å². The maximum atomic E-state index is 12.2. The summed E-state index contributed by atoms with van der Waals surface area (Å²) in [5.74, 6) is 0.